The molecule has 0 aliphatic carbocycles. The summed E-state index contributed by atoms with van der Waals surface area (Å²) in [6, 6.07) is 13.4. The van der Waals surface area contributed by atoms with Crippen molar-refractivity contribution in [3.63, 3.8) is 0 Å². The number of hydrogen-bond donors (Lipinski definition) is 2. The van der Waals surface area contributed by atoms with Gasteiger partial charge in [0.15, 0.2) is 5.96 Å². The molecule has 0 saturated carbocycles. The molecule has 0 fully saturated rings. The van der Waals surface area contributed by atoms with Crippen LogP contribution in [0, 0.1) is 6.92 Å². The number of aryl methyl sites for hydroxylation is 1. The molecule has 0 aliphatic heterocycles. The van der Waals surface area contributed by atoms with E-state index < -0.39 is 0 Å². The van der Waals surface area contributed by atoms with E-state index in [9.17, 15) is 0 Å². The first kappa shape index (κ1) is 20.7. The number of aliphatic imine (C=N–C) groups is 1. The molecule has 1 heterocycles. The third kappa shape index (κ3) is 5.71. The molecule has 0 atom stereocenters. The fourth-order valence-corrected chi connectivity index (χ4v) is 2.91. The van der Waals surface area contributed by atoms with Gasteiger partial charge in [0.05, 0.1) is 20.2 Å². The van der Waals surface area contributed by atoms with Crippen LogP contribution in [0.15, 0.2) is 52.0 Å². The molecule has 2 aromatic carbocycles. The van der Waals surface area contributed by atoms with E-state index in [1.807, 2.05) is 44.2 Å². The molecular weight excluding hydrogens is 390 g/mol. The zero-order valence-electron chi connectivity index (χ0n) is 16.7. The number of nitrogens with zero attached hydrogens (tertiary/aromatic N) is 3. The highest BCUT2D eigenvalue weighted by Gasteiger charge is 2.10. The molecule has 2 N–H and O–H groups in total. The molecule has 8 heteroatoms. The maximum absolute atomic E-state index is 6.02. The van der Waals surface area contributed by atoms with E-state index in [2.05, 4.69) is 25.8 Å². The van der Waals surface area contributed by atoms with Gasteiger partial charge in [0.2, 0.25) is 11.7 Å². The highest BCUT2D eigenvalue weighted by molar-refractivity contribution is 6.30. The maximum Gasteiger partial charge on any atom is 0.246 e. The van der Waals surface area contributed by atoms with Crippen LogP contribution in [0.5, 0.6) is 5.75 Å². The van der Waals surface area contributed by atoms with Gasteiger partial charge in [0.25, 0.3) is 0 Å². The van der Waals surface area contributed by atoms with Crippen molar-refractivity contribution in [1.82, 2.24) is 20.8 Å². The van der Waals surface area contributed by atoms with Crippen LogP contribution < -0.4 is 15.4 Å². The molecule has 7 nitrogen and oxygen atoms in total. The van der Waals surface area contributed by atoms with Crippen molar-refractivity contribution in [3.8, 4) is 17.1 Å². The Kier molecular flexibility index (Phi) is 7.08. The molecule has 0 radical (unpaired) electrons. The second-order valence-corrected chi connectivity index (χ2v) is 6.82. The van der Waals surface area contributed by atoms with E-state index in [4.69, 9.17) is 20.9 Å². The highest BCUT2D eigenvalue weighted by atomic mass is 35.5. The van der Waals surface area contributed by atoms with Crippen molar-refractivity contribution in [1.29, 1.82) is 0 Å². The third-order valence-corrected chi connectivity index (χ3v) is 4.39. The number of rotatable bonds is 7. The normalized spacial score (nSPS) is 11.4. The Labute approximate surface area is 175 Å². The van der Waals surface area contributed by atoms with E-state index in [1.54, 1.807) is 19.2 Å². The molecule has 0 unspecified atom stereocenters. The molecule has 3 aromatic rings. The lowest BCUT2D eigenvalue weighted by molar-refractivity contribution is 0.375. The Morgan fingerprint density at radius 3 is 2.83 bits per heavy atom. The molecule has 3 rings (SSSR count). The summed E-state index contributed by atoms with van der Waals surface area (Å²) >= 11 is 6.02. The van der Waals surface area contributed by atoms with E-state index in [1.165, 1.54) is 0 Å². The summed E-state index contributed by atoms with van der Waals surface area (Å²) in [7, 11) is 1.67. The lowest BCUT2D eigenvalue weighted by atomic mass is 10.1. The number of hydrogen-bond acceptors (Lipinski definition) is 5. The van der Waals surface area contributed by atoms with Crippen molar-refractivity contribution in [2.24, 2.45) is 4.99 Å². The van der Waals surface area contributed by atoms with Crippen LogP contribution in [0.25, 0.3) is 11.4 Å². The summed E-state index contributed by atoms with van der Waals surface area (Å²) in [5.74, 6) is 2.43. The van der Waals surface area contributed by atoms with Gasteiger partial charge in [-0.25, -0.2) is 4.99 Å². The van der Waals surface area contributed by atoms with Gasteiger partial charge >= 0.3 is 0 Å². The van der Waals surface area contributed by atoms with E-state index >= 15 is 0 Å². The van der Waals surface area contributed by atoms with Crippen LogP contribution in [0.1, 0.15) is 23.9 Å². The maximum atomic E-state index is 6.02. The molecule has 152 valence electrons. The number of nitrogens with one attached hydrogen (secondary N) is 2. The van der Waals surface area contributed by atoms with Crippen LogP contribution in [-0.4, -0.2) is 29.8 Å². The van der Waals surface area contributed by atoms with Gasteiger partial charge in [0, 0.05) is 22.7 Å². The van der Waals surface area contributed by atoms with Crippen molar-refractivity contribution in [2.45, 2.75) is 26.9 Å². The Morgan fingerprint density at radius 2 is 2.07 bits per heavy atom. The van der Waals surface area contributed by atoms with Crippen molar-refractivity contribution < 1.29 is 9.26 Å². The van der Waals surface area contributed by atoms with Crippen molar-refractivity contribution >= 4 is 17.6 Å². The molecule has 0 aliphatic rings. The quantitative estimate of drug-likeness (QED) is 0.450. The summed E-state index contributed by atoms with van der Waals surface area (Å²) in [4.78, 5) is 9.03. The van der Waals surface area contributed by atoms with Gasteiger partial charge < -0.3 is 19.9 Å². The van der Waals surface area contributed by atoms with Gasteiger partial charge in [-0.1, -0.05) is 41.0 Å². The number of halogens is 1. The monoisotopic (exact) mass is 413 g/mol. The van der Waals surface area contributed by atoms with E-state index in [-0.39, 0.29) is 0 Å². The first-order valence-electron chi connectivity index (χ1n) is 9.33. The van der Waals surface area contributed by atoms with Crippen LogP contribution >= 0.6 is 11.6 Å². The molecule has 0 amide bonds. The number of ether oxygens (including phenoxy) is 1. The van der Waals surface area contributed by atoms with Gasteiger partial charge in [0.1, 0.15) is 5.75 Å². The van der Waals surface area contributed by atoms with Gasteiger partial charge in [-0.15, -0.1) is 0 Å². The largest absolute Gasteiger partial charge is 0.496 e. The fourth-order valence-electron chi connectivity index (χ4n) is 2.72. The standard InChI is InChI=1S/C21H24ClN5O2/c1-4-23-21(24-12-16-9-8-14(2)10-18(16)28-3)25-13-19-26-20(27-29-19)15-6-5-7-17(22)11-15/h5-11H,4,12-13H2,1-3H3,(H2,23,24,25). The Bertz CT molecular complexity index is 987. The highest BCUT2D eigenvalue weighted by Crippen LogP contribution is 2.21. The fraction of sp³-hybridized carbons (Fsp3) is 0.286. The minimum Gasteiger partial charge on any atom is -0.496 e. The third-order valence-electron chi connectivity index (χ3n) is 4.15. The number of guanidine groups is 1. The first-order valence-corrected chi connectivity index (χ1v) is 9.71. The van der Waals surface area contributed by atoms with Crippen LogP contribution in [0.2, 0.25) is 5.02 Å². The van der Waals surface area contributed by atoms with Gasteiger partial charge in [-0.3, -0.25) is 0 Å². The minimum atomic E-state index is 0.352. The molecule has 1 aromatic heterocycles. The van der Waals surface area contributed by atoms with Gasteiger partial charge in [-0.05, 0) is 37.6 Å². The average Bonchev–Trinajstić information content (AvgIpc) is 3.20. The Balaban J connectivity index is 1.66. The zero-order chi connectivity index (χ0) is 20.6. The zero-order valence-corrected chi connectivity index (χ0v) is 17.5. The minimum absolute atomic E-state index is 0.352. The molecular formula is C21H24ClN5O2. The predicted molar refractivity (Wildman–Crippen MR) is 114 cm³/mol. The number of methoxy groups -OCH3 is 1. The molecule has 0 saturated heterocycles. The summed E-state index contributed by atoms with van der Waals surface area (Å²) in [6.45, 7) is 5.60. The molecule has 0 bridgehead atoms. The summed E-state index contributed by atoms with van der Waals surface area (Å²) < 4.78 is 10.8. The topological polar surface area (TPSA) is 84.6 Å². The van der Waals surface area contributed by atoms with Crippen LogP contribution in [0.4, 0.5) is 0 Å². The number of benzene rings is 2. The van der Waals surface area contributed by atoms with Crippen molar-refractivity contribution in [3.05, 3.63) is 64.5 Å². The summed E-state index contributed by atoms with van der Waals surface area (Å²) in [6.07, 6.45) is 0. The first-order chi connectivity index (χ1) is 14.1. The average molecular weight is 414 g/mol. The Hall–Kier alpha value is -3.06. The second kappa shape index (κ2) is 9.93. The number of aromatic nitrogens is 2. The predicted octanol–water partition coefficient (Wildman–Crippen LogP) is 3.96. The van der Waals surface area contributed by atoms with Crippen LogP contribution in [-0.2, 0) is 13.1 Å². The van der Waals surface area contributed by atoms with Crippen molar-refractivity contribution in [2.75, 3.05) is 13.7 Å². The van der Waals surface area contributed by atoms with Gasteiger partial charge in [-0.2, -0.15) is 4.98 Å². The van der Waals surface area contributed by atoms with Crippen LogP contribution in [0.3, 0.4) is 0 Å². The molecule has 0 spiro atoms. The summed E-state index contributed by atoms with van der Waals surface area (Å²) in [5, 5.41) is 11.1. The van der Waals surface area contributed by atoms with E-state index in [0.29, 0.717) is 35.8 Å². The SMILES string of the molecule is CCNC(=NCc1ccc(C)cc1OC)NCc1nc(-c2cccc(Cl)c2)no1. The summed E-state index contributed by atoms with van der Waals surface area (Å²) in [5.41, 5.74) is 2.96. The molecule has 29 heavy (non-hydrogen) atoms. The van der Waals surface area contributed by atoms with E-state index in [0.717, 1.165) is 29.0 Å². The lowest BCUT2D eigenvalue weighted by Crippen LogP contribution is -2.36. The second-order valence-electron chi connectivity index (χ2n) is 6.39. The lowest BCUT2D eigenvalue weighted by Gasteiger charge is -2.11. The smallest absolute Gasteiger partial charge is 0.246 e. The Morgan fingerprint density at radius 1 is 1.21 bits per heavy atom.